The number of rotatable bonds is 2. The number of anilines is 1. The number of nitrogens with two attached hydrogens (primary N) is 1. The van der Waals surface area contributed by atoms with E-state index < -0.39 is 17.7 Å². The summed E-state index contributed by atoms with van der Waals surface area (Å²) in [5.74, 6) is -2.83. The smallest absolute Gasteiger partial charge is 0.349 e. The van der Waals surface area contributed by atoms with Crippen LogP contribution in [0.15, 0.2) is 17.1 Å². The molecule has 0 radical (unpaired) electrons. The molecule has 0 saturated heterocycles. The summed E-state index contributed by atoms with van der Waals surface area (Å²) in [6, 6.07) is 0.282. The predicted octanol–water partition coefficient (Wildman–Crippen LogP) is 3.87. The van der Waals surface area contributed by atoms with E-state index in [4.69, 9.17) is 5.73 Å². The molecular weight excluding hydrogens is 276 g/mol. The van der Waals surface area contributed by atoms with Crippen molar-refractivity contribution >= 4 is 5.82 Å². The molecule has 0 aliphatic heterocycles. The number of hydrogen-bond acceptors (Lipinski definition) is 3. The number of halogens is 2. The molecule has 2 unspecified atom stereocenters. The van der Waals surface area contributed by atoms with E-state index >= 15 is 0 Å². The molecule has 0 bridgehead atoms. The molecule has 4 nitrogen and oxygen atoms in total. The molecular formula is C15H27F2N3O. The maximum atomic E-state index is 13.8. The van der Waals surface area contributed by atoms with Gasteiger partial charge < -0.3 is 5.73 Å². The summed E-state index contributed by atoms with van der Waals surface area (Å²) in [4.78, 5) is 15.0. The maximum Gasteiger partial charge on any atom is 0.349 e. The first kappa shape index (κ1) is 19.5. The average Bonchev–Trinajstić information content (AvgIpc) is 2.78. The Kier molecular flexibility index (Phi) is 8.14. The number of nitrogens with zero attached hydrogens (tertiary/aromatic N) is 2. The zero-order valence-corrected chi connectivity index (χ0v) is 13.6. The maximum absolute atomic E-state index is 13.8. The lowest BCUT2D eigenvalue weighted by Crippen LogP contribution is -2.34. The summed E-state index contributed by atoms with van der Waals surface area (Å²) in [5, 5.41) is 0. The van der Waals surface area contributed by atoms with Crippen LogP contribution in [0.3, 0.4) is 0 Å². The quantitative estimate of drug-likeness (QED) is 0.902. The first-order valence-corrected chi connectivity index (χ1v) is 7.66. The molecule has 6 heteroatoms. The number of alkyl halides is 2. The van der Waals surface area contributed by atoms with Gasteiger partial charge in [-0.1, -0.05) is 41.0 Å². The van der Waals surface area contributed by atoms with Crippen molar-refractivity contribution in [2.75, 3.05) is 5.73 Å². The Bertz CT molecular complexity index is 474. The number of aromatic nitrogens is 2. The molecule has 1 aliphatic carbocycles. The largest absolute Gasteiger partial charge is 0.383 e. The van der Waals surface area contributed by atoms with Crippen molar-refractivity contribution < 1.29 is 8.78 Å². The van der Waals surface area contributed by atoms with E-state index in [1.54, 1.807) is 0 Å². The van der Waals surface area contributed by atoms with Crippen LogP contribution in [0.25, 0.3) is 0 Å². The highest BCUT2D eigenvalue weighted by Crippen LogP contribution is 2.47. The number of hydrogen-bond donors (Lipinski definition) is 1. The first-order chi connectivity index (χ1) is 9.94. The molecule has 0 amide bonds. The van der Waals surface area contributed by atoms with Crippen LogP contribution in [0.2, 0.25) is 0 Å². The highest BCUT2D eigenvalue weighted by atomic mass is 19.3. The number of nitrogen functional groups attached to an aromatic ring is 1. The lowest BCUT2D eigenvalue weighted by atomic mass is 10.1. The molecule has 1 heterocycles. The van der Waals surface area contributed by atoms with Crippen LogP contribution in [0, 0.1) is 5.92 Å². The van der Waals surface area contributed by atoms with Gasteiger partial charge in [-0.2, -0.15) is 4.98 Å². The summed E-state index contributed by atoms with van der Waals surface area (Å²) in [7, 11) is 0. The van der Waals surface area contributed by atoms with Crippen LogP contribution in [0.5, 0.6) is 0 Å². The lowest BCUT2D eigenvalue weighted by molar-refractivity contribution is -0.0342. The predicted molar refractivity (Wildman–Crippen MR) is 82.6 cm³/mol. The van der Waals surface area contributed by atoms with E-state index in [0.717, 1.165) is 4.57 Å². The van der Waals surface area contributed by atoms with Gasteiger partial charge in [-0.15, -0.1) is 0 Å². The fourth-order valence-corrected chi connectivity index (χ4v) is 2.38. The second-order valence-corrected chi connectivity index (χ2v) is 4.53. The Morgan fingerprint density at radius 1 is 1.38 bits per heavy atom. The fourth-order valence-electron chi connectivity index (χ4n) is 2.38. The van der Waals surface area contributed by atoms with Gasteiger partial charge in [0, 0.05) is 12.6 Å². The third kappa shape index (κ3) is 4.79. The summed E-state index contributed by atoms with van der Waals surface area (Å²) >= 11 is 0. The minimum absolute atomic E-state index is 0.0422. The Hall–Kier alpha value is -1.46. The van der Waals surface area contributed by atoms with Crippen LogP contribution < -0.4 is 11.4 Å². The molecule has 2 N–H and O–H groups in total. The molecule has 0 aromatic carbocycles. The molecule has 1 saturated carbocycles. The molecule has 2 rings (SSSR count). The van der Waals surface area contributed by atoms with Gasteiger partial charge in [-0.3, -0.25) is 4.57 Å². The second-order valence-electron chi connectivity index (χ2n) is 4.53. The fraction of sp³-hybridized carbons (Fsp3) is 0.733. The van der Waals surface area contributed by atoms with Crippen LogP contribution in [-0.2, 0) is 0 Å². The van der Waals surface area contributed by atoms with Crippen molar-refractivity contribution in [3.05, 3.63) is 22.7 Å². The van der Waals surface area contributed by atoms with Gasteiger partial charge in [-0.05, 0) is 18.4 Å². The topological polar surface area (TPSA) is 60.9 Å². The molecule has 0 spiro atoms. The van der Waals surface area contributed by atoms with E-state index in [1.165, 1.54) is 12.3 Å². The van der Waals surface area contributed by atoms with Gasteiger partial charge in [0.1, 0.15) is 11.9 Å². The summed E-state index contributed by atoms with van der Waals surface area (Å²) in [5.41, 5.74) is 4.63. The minimum Gasteiger partial charge on any atom is -0.383 e. The van der Waals surface area contributed by atoms with Gasteiger partial charge in [0.15, 0.2) is 0 Å². The average molecular weight is 303 g/mol. The summed E-state index contributed by atoms with van der Waals surface area (Å²) in [6.45, 7) is 9.88. The molecule has 122 valence electrons. The molecule has 2 atom stereocenters. The van der Waals surface area contributed by atoms with Crippen molar-refractivity contribution in [2.45, 2.75) is 65.8 Å². The van der Waals surface area contributed by atoms with E-state index in [1.807, 2.05) is 34.6 Å². The third-order valence-electron chi connectivity index (χ3n) is 3.37. The standard InChI is InChI=1S/C11H15F2N3O.2C2H6/c1-2-7-5-8(11(12,13)6-7)16-4-3-9(14)15-10(16)17;2*1-2/h3-4,7-8H,2,5-6H2,1H3,(H2,14,15,17);2*1-2H3. The highest BCUT2D eigenvalue weighted by molar-refractivity contribution is 5.23. The Balaban J connectivity index is 0.000000921. The summed E-state index contributed by atoms with van der Waals surface area (Å²) < 4.78 is 28.6. The van der Waals surface area contributed by atoms with Crippen LogP contribution in [0.1, 0.15) is 59.9 Å². The molecule has 21 heavy (non-hydrogen) atoms. The third-order valence-corrected chi connectivity index (χ3v) is 3.37. The van der Waals surface area contributed by atoms with Crippen LogP contribution in [0.4, 0.5) is 14.6 Å². The van der Waals surface area contributed by atoms with E-state index in [2.05, 4.69) is 4.98 Å². The molecule has 1 aliphatic rings. The van der Waals surface area contributed by atoms with Crippen molar-refractivity contribution in [1.29, 1.82) is 0 Å². The molecule has 1 fully saturated rings. The normalized spacial score (nSPS) is 22.6. The van der Waals surface area contributed by atoms with Gasteiger partial charge >= 0.3 is 5.69 Å². The van der Waals surface area contributed by atoms with Gasteiger partial charge in [0.25, 0.3) is 5.92 Å². The van der Waals surface area contributed by atoms with Gasteiger partial charge in [0.2, 0.25) is 0 Å². The monoisotopic (exact) mass is 303 g/mol. The second kappa shape index (κ2) is 8.74. The van der Waals surface area contributed by atoms with Crippen molar-refractivity contribution in [1.82, 2.24) is 9.55 Å². The molecule has 1 aromatic heterocycles. The van der Waals surface area contributed by atoms with Gasteiger partial charge in [0.05, 0.1) is 0 Å². The van der Waals surface area contributed by atoms with E-state index in [-0.39, 0.29) is 18.2 Å². The molecule has 1 aromatic rings. The highest BCUT2D eigenvalue weighted by Gasteiger charge is 2.49. The van der Waals surface area contributed by atoms with Crippen molar-refractivity contribution in [2.24, 2.45) is 5.92 Å². The Labute approximate surface area is 125 Å². The summed E-state index contributed by atoms with van der Waals surface area (Å²) in [6.07, 6.45) is 2.16. The van der Waals surface area contributed by atoms with E-state index in [0.29, 0.717) is 12.8 Å². The Morgan fingerprint density at radius 3 is 2.38 bits per heavy atom. The van der Waals surface area contributed by atoms with Crippen molar-refractivity contribution in [3.8, 4) is 0 Å². The minimum atomic E-state index is -2.84. The van der Waals surface area contributed by atoms with Crippen molar-refractivity contribution in [3.63, 3.8) is 0 Å². The zero-order chi connectivity index (χ0) is 16.6. The first-order valence-electron chi connectivity index (χ1n) is 7.66. The lowest BCUT2D eigenvalue weighted by Gasteiger charge is -2.20. The van der Waals surface area contributed by atoms with Crippen LogP contribution in [-0.4, -0.2) is 15.5 Å². The van der Waals surface area contributed by atoms with E-state index in [9.17, 15) is 13.6 Å². The Morgan fingerprint density at radius 2 is 1.95 bits per heavy atom. The van der Waals surface area contributed by atoms with Crippen LogP contribution >= 0.6 is 0 Å². The SMILES string of the molecule is CC.CC.CCC1CC(n2ccc(N)nc2=O)C(F)(F)C1. The van der Waals surface area contributed by atoms with Gasteiger partial charge in [-0.25, -0.2) is 13.6 Å². The zero-order valence-electron chi connectivity index (χ0n) is 13.6.